The first-order valence-electron chi connectivity index (χ1n) is 6.77. The van der Waals surface area contributed by atoms with E-state index in [1.165, 1.54) is 18.2 Å². The fraction of sp³-hybridized carbons (Fsp3) is 0.0667. The standard InChI is InChI=1S/C15H11ClN4O3S/c16-10-3-4-12(21)11(6-10)18-13(22)8-24-15-20-19-14(23-15)9-2-1-5-17-7-9/h1-7,21H,8H2,(H,18,22). The summed E-state index contributed by atoms with van der Waals surface area (Å²) in [6.45, 7) is 0. The zero-order valence-corrected chi connectivity index (χ0v) is 13.7. The summed E-state index contributed by atoms with van der Waals surface area (Å²) in [5.74, 6) is -0.0211. The van der Waals surface area contributed by atoms with Gasteiger partial charge in [-0.3, -0.25) is 9.78 Å². The number of hydrogen-bond donors (Lipinski definition) is 2. The van der Waals surface area contributed by atoms with Crippen LogP contribution in [0.5, 0.6) is 5.75 Å². The second-order valence-electron chi connectivity index (χ2n) is 4.61. The van der Waals surface area contributed by atoms with E-state index in [0.717, 1.165) is 11.8 Å². The number of aromatic hydroxyl groups is 1. The molecule has 1 aromatic carbocycles. The molecule has 0 aliphatic heterocycles. The summed E-state index contributed by atoms with van der Waals surface area (Å²) in [7, 11) is 0. The van der Waals surface area contributed by atoms with E-state index in [2.05, 4.69) is 20.5 Å². The molecule has 3 aromatic rings. The largest absolute Gasteiger partial charge is 0.506 e. The number of nitrogens with zero attached hydrogens (tertiary/aromatic N) is 3. The van der Waals surface area contributed by atoms with Crippen LogP contribution in [0.4, 0.5) is 5.69 Å². The highest BCUT2D eigenvalue weighted by atomic mass is 35.5. The molecule has 2 heterocycles. The number of thioether (sulfide) groups is 1. The maximum Gasteiger partial charge on any atom is 0.277 e. The van der Waals surface area contributed by atoms with Crippen molar-refractivity contribution in [1.82, 2.24) is 15.2 Å². The summed E-state index contributed by atoms with van der Waals surface area (Å²) >= 11 is 6.91. The van der Waals surface area contributed by atoms with Gasteiger partial charge in [0.1, 0.15) is 5.75 Å². The Balaban J connectivity index is 1.59. The van der Waals surface area contributed by atoms with Gasteiger partial charge >= 0.3 is 0 Å². The van der Waals surface area contributed by atoms with Crippen LogP contribution < -0.4 is 5.32 Å². The monoisotopic (exact) mass is 362 g/mol. The van der Waals surface area contributed by atoms with Crippen LogP contribution in [-0.2, 0) is 4.79 Å². The average Bonchev–Trinajstić information content (AvgIpc) is 3.06. The third kappa shape index (κ3) is 4.03. The van der Waals surface area contributed by atoms with Crippen molar-refractivity contribution in [2.45, 2.75) is 5.22 Å². The van der Waals surface area contributed by atoms with Gasteiger partial charge < -0.3 is 14.8 Å². The minimum Gasteiger partial charge on any atom is -0.506 e. The van der Waals surface area contributed by atoms with E-state index in [1.54, 1.807) is 24.5 Å². The average molecular weight is 363 g/mol. The van der Waals surface area contributed by atoms with Crippen LogP contribution >= 0.6 is 23.4 Å². The molecule has 0 spiro atoms. The first kappa shape index (κ1) is 16.3. The molecule has 2 N–H and O–H groups in total. The molecule has 0 unspecified atom stereocenters. The van der Waals surface area contributed by atoms with Crippen molar-refractivity contribution in [2.75, 3.05) is 11.1 Å². The highest BCUT2D eigenvalue weighted by Gasteiger charge is 2.12. The topological polar surface area (TPSA) is 101 Å². The quantitative estimate of drug-likeness (QED) is 0.530. The second-order valence-corrected chi connectivity index (χ2v) is 5.98. The predicted octanol–water partition coefficient (Wildman–Crippen LogP) is 3.22. The third-order valence-electron chi connectivity index (χ3n) is 2.87. The van der Waals surface area contributed by atoms with Gasteiger partial charge in [-0.2, -0.15) is 0 Å². The molecule has 7 nitrogen and oxygen atoms in total. The van der Waals surface area contributed by atoms with E-state index in [4.69, 9.17) is 16.0 Å². The summed E-state index contributed by atoms with van der Waals surface area (Å²) in [5.41, 5.74) is 0.944. The van der Waals surface area contributed by atoms with Crippen molar-refractivity contribution in [1.29, 1.82) is 0 Å². The maximum atomic E-state index is 11.9. The zero-order valence-electron chi connectivity index (χ0n) is 12.1. The predicted molar refractivity (Wildman–Crippen MR) is 90.0 cm³/mol. The number of hydrogen-bond acceptors (Lipinski definition) is 7. The first-order chi connectivity index (χ1) is 11.6. The molecule has 0 saturated heterocycles. The summed E-state index contributed by atoms with van der Waals surface area (Å²) < 4.78 is 5.46. The van der Waals surface area contributed by atoms with Crippen LogP contribution in [0.25, 0.3) is 11.5 Å². The molecule has 2 aromatic heterocycles. The molecular weight excluding hydrogens is 352 g/mol. The minimum absolute atomic E-state index is 0.0423. The summed E-state index contributed by atoms with van der Waals surface area (Å²) in [6.07, 6.45) is 3.25. The number of pyridine rings is 1. The Morgan fingerprint density at radius 2 is 2.21 bits per heavy atom. The van der Waals surface area contributed by atoms with Gasteiger partial charge in [-0.25, -0.2) is 0 Å². The molecule has 122 valence electrons. The molecule has 0 aliphatic carbocycles. The molecule has 24 heavy (non-hydrogen) atoms. The highest BCUT2D eigenvalue weighted by Crippen LogP contribution is 2.27. The van der Waals surface area contributed by atoms with E-state index in [0.29, 0.717) is 16.5 Å². The van der Waals surface area contributed by atoms with Gasteiger partial charge in [-0.05, 0) is 30.3 Å². The van der Waals surface area contributed by atoms with Gasteiger partial charge in [0.15, 0.2) is 0 Å². The van der Waals surface area contributed by atoms with E-state index in [-0.39, 0.29) is 28.3 Å². The summed E-state index contributed by atoms with van der Waals surface area (Å²) in [5, 5.41) is 20.7. The first-order valence-corrected chi connectivity index (χ1v) is 8.13. The van der Waals surface area contributed by atoms with Crippen LogP contribution in [-0.4, -0.2) is 31.9 Å². The van der Waals surface area contributed by atoms with Crippen molar-refractivity contribution in [3.63, 3.8) is 0 Å². The normalized spacial score (nSPS) is 10.5. The van der Waals surface area contributed by atoms with Gasteiger partial charge in [-0.1, -0.05) is 23.4 Å². The number of carbonyl (C=O) groups excluding carboxylic acids is 1. The molecule has 0 aliphatic rings. The molecule has 0 fully saturated rings. The molecule has 0 radical (unpaired) electrons. The molecule has 0 atom stereocenters. The van der Waals surface area contributed by atoms with Crippen LogP contribution in [0.2, 0.25) is 5.02 Å². The number of phenols is 1. The van der Waals surface area contributed by atoms with Crippen LogP contribution in [0.3, 0.4) is 0 Å². The number of halogens is 1. The number of anilines is 1. The van der Waals surface area contributed by atoms with Crippen molar-refractivity contribution in [2.24, 2.45) is 0 Å². The fourth-order valence-electron chi connectivity index (χ4n) is 1.80. The third-order valence-corrected chi connectivity index (χ3v) is 3.93. The molecule has 0 bridgehead atoms. The minimum atomic E-state index is -0.335. The lowest BCUT2D eigenvalue weighted by Crippen LogP contribution is -2.14. The lowest BCUT2D eigenvalue weighted by atomic mass is 10.3. The second kappa shape index (κ2) is 7.33. The summed E-state index contributed by atoms with van der Waals surface area (Å²) in [4.78, 5) is 15.9. The number of benzene rings is 1. The number of rotatable bonds is 5. The Morgan fingerprint density at radius 1 is 1.33 bits per heavy atom. The Labute approximate surface area is 146 Å². The number of nitrogens with one attached hydrogen (secondary N) is 1. The molecule has 0 saturated carbocycles. The molecule has 3 rings (SSSR count). The maximum absolute atomic E-state index is 11.9. The molecule has 1 amide bonds. The van der Waals surface area contributed by atoms with E-state index in [1.807, 2.05) is 0 Å². The van der Waals surface area contributed by atoms with Gasteiger partial charge in [0.05, 0.1) is 17.0 Å². The lowest BCUT2D eigenvalue weighted by molar-refractivity contribution is -0.113. The fourth-order valence-corrected chi connectivity index (χ4v) is 2.53. The van der Waals surface area contributed by atoms with Crippen molar-refractivity contribution < 1.29 is 14.3 Å². The van der Waals surface area contributed by atoms with Crippen molar-refractivity contribution in [3.8, 4) is 17.2 Å². The SMILES string of the molecule is O=C(CSc1nnc(-c2cccnc2)o1)Nc1cc(Cl)ccc1O. The van der Waals surface area contributed by atoms with Gasteiger partial charge in [0.2, 0.25) is 11.8 Å². The van der Waals surface area contributed by atoms with E-state index >= 15 is 0 Å². The Morgan fingerprint density at radius 3 is 3.00 bits per heavy atom. The zero-order chi connectivity index (χ0) is 16.9. The van der Waals surface area contributed by atoms with Gasteiger partial charge in [0.25, 0.3) is 5.22 Å². The number of amides is 1. The molecule has 9 heteroatoms. The number of carbonyl (C=O) groups is 1. The smallest absolute Gasteiger partial charge is 0.277 e. The Kier molecular flexibility index (Phi) is 4.97. The van der Waals surface area contributed by atoms with Crippen LogP contribution in [0.15, 0.2) is 52.4 Å². The summed E-state index contributed by atoms with van der Waals surface area (Å²) in [6, 6.07) is 7.95. The number of phenolic OH excluding ortho intramolecular Hbond substituents is 1. The van der Waals surface area contributed by atoms with Crippen molar-refractivity contribution >= 4 is 35.0 Å². The molecular formula is C15H11ClN4O3S. The lowest BCUT2D eigenvalue weighted by Gasteiger charge is -2.06. The van der Waals surface area contributed by atoms with Gasteiger partial charge in [0, 0.05) is 17.4 Å². The number of aromatic nitrogens is 3. The van der Waals surface area contributed by atoms with E-state index in [9.17, 15) is 9.90 Å². The van der Waals surface area contributed by atoms with Crippen LogP contribution in [0, 0.1) is 0 Å². The Bertz CT molecular complexity index is 857. The van der Waals surface area contributed by atoms with Gasteiger partial charge in [-0.15, -0.1) is 10.2 Å². The van der Waals surface area contributed by atoms with E-state index < -0.39 is 0 Å². The Hall–Kier alpha value is -2.58. The van der Waals surface area contributed by atoms with Crippen LogP contribution in [0.1, 0.15) is 0 Å². The highest BCUT2D eigenvalue weighted by molar-refractivity contribution is 7.99. The van der Waals surface area contributed by atoms with Crippen molar-refractivity contribution in [3.05, 3.63) is 47.7 Å².